The van der Waals surface area contributed by atoms with Gasteiger partial charge in [-0.1, -0.05) is 19.1 Å². The van der Waals surface area contributed by atoms with E-state index in [9.17, 15) is 0 Å². The second-order valence-corrected chi connectivity index (χ2v) is 3.37. The fourth-order valence-electron chi connectivity index (χ4n) is 1.41. The first-order valence-electron chi connectivity index (χ1n) is 5.07. The quantitative estimate of drug-likeness (QED) is 0.722. The van der Waals surface area contributed by atoms with Crippen LogP contribution in [-0.2, 0) is 0 Å². The molecule has 0 fully saturated rings. The number of rotatable bonds is 5. The molecule has 1 N–H and O–H groups in total. The Hall–Kier alpha value is -1.15. The lowest BCUT2D eigenvalue weighted by atomic mass is 10.1. The van der Waals surface area contributed by atoms with Gasteiger partial charge in [0.1, 0.15) is 0 Å². The summed E-state index contributed by atoms with van der Waals surface area (Å²) in [4.78, 5) is 4.37. The van der Waals surface area contributed by atoms with E-state index >= 15 is 0 Å². The van der Waals surface area contributed by atoms with Crippen LogP contribution >= 0.6 is 0 Å². The van der Waals surface area contributed by atoms with Crippen molar-refractivity contribution in [3.63, 3.8) is 0 Å². The van der Waals surface area contributed by atoms with Crippen LogP contribution in [0, 0.1) is 6.92 Å². The van der Waals surface area contributed by atoms with E-state index in [0.29, 0.717) is 0 Å². The predicted molar refractivity (Wildman–Crippen MR) is 60.2 cm³/mol. The molecule has 1 aromatic rings. The Labute approximate surface area is 86.1 Å². The molecule has 0 spiro atoms. The second kappa shape index (κ2) is 5.55. The molecule has 0 aromatic carbocycles. The molecule has 0 saturated heterocycles. The summed E-state index contributed by atoms with van der Waals surface area (Å²) >= 11 is 0. The van der Waals surface area contributed by atoms with Crippen LogP contribution in [0.25, 0.3) is 0 Å². The number of hydrogen-bond donors (Lipinski definition) is 1. The number of nitrogens with zero attached hydrogens (tertiary/aromatic N) is 1. The Morgan fingerprint density at radius 1 is 1.64 bits per heavy atom. The molecule has 1 atom stereocenters. The van der Waals surface area contributed by atoms with Gasteiger partial charge >= 0.3 is 0 Å². The van der Waals surface area contributed by atoms with E-state index < -0.39 is 0 Å². The third-order valence-corrected chi connectivity index (χ3v) is 2.19. The third kappa shape index (κ3) is 2.67. The number of aromatic nitrogens is 1. The van der Waals surface area contributed by atoms with Gasteiger partial charge in [-0.25, -0.2) is 0 Å². The molecule has 2 nitrogen and oxygen atoms in total. The van der Waals surface area contributed by atoms with E-state index in [4.69, 9.17) is 0 Å². The zero-order chi connectivity index (χ0) is 10.4. The van der Waals surface area contributed by atoms with E-state index in [0.717, 1.165) is 18.7 Å². The van der Waals surface area contributed by atoms with Crippen molar-refractivity contribution < 1.29 is 0 Å². The Balaban J connectivity index is 2.78. The number of hydrogen-bond acceptors (Lipinski definition) is 2. The molecule has 2 heteroatoms. The first kappa shape index (κ1) is 10.9. The minimum atomic E-state index is 0.177. The summed E-state index contributed by atoms with van der Waals surface area (Å²) < 4.78 is 0. The molecule has 0 bridgehead atoms. The maximum absolute atomic E-state index is 4.37. The van der Waals surface area contributed by atoms with Crippen LogP contribution in [-0.4, -0.2) is 11.5 Å². The van der Waals surface area contributed by atoms with Crippen LogP contribution in [0.5, 0.6) is 0 Å². The van der Waals surface area contributed by atoms with Crippen LogP contribution in [0.15, 0.2) is 31.0 Å². The van der Waals surface area contributed by atoms with Crippen molar-refractivity contribution in [2.24, 2.45) is 0 Å². The first-order valence-corrected chi connectivity index (χ1v) is 5.07. The van der Waals surface area contributed by atoms with Gasteiger partial charge in [-0.05, 0) is 31.5 Å². The molecule has 0 saturated carbocycles. The van der Waals surface area contributed by atoms with Gasteiger partial charge in [0.2, 0.25) is 0 Å². The van der Waals surface area contributed by atoms with Gasteiger partial charge in [0, 0.05) is 6.20 Å². The van der Waals surface area contributed by atoms with Gasteiger partial charge in [-0.3, -0.25) is 4.98 Å². The van der Waals surface area contributed by atoms with Crippen molar-refractivity contribution >= 4 is 0 Å². The zero-order valence-corrected chi connectivity index (χ0v) is 8.96. The van der Waals surface area contributed by atoms with Crippen LogP contribution < -0.4 is 5.32 Å². The molecular formula is C12H18N2. The highest BCUT2D eigenvalue weighted by molar-refractivity contribution is 5.23. The Bertz CT molecular complexity index is 294. The van der Waals surface area contributed by atoms with Gasteiger partial charge < -0.3 is 5.32 Å². The summed E-state index contributed by atoms with van der Waals surface area (Å²) in [5.74, 6) is 0. The average molecular weight is 190 g/mol. The lowest BCUT2D eigenvalue weighted by molar-refractivity contribution is 0.598. The number of aryl methyl sites for hydroxylation is 1. The number of nitrogens with one attached hydrogen (secondary N) is 1. The van der Waals surface area contributed by atoms with Gasteiger partial charge in [0.25, 0.3) is 0 Å². The van der Waals surface area contributed by atoms with Crippen molar-refractivity contribution in [1.82, 2.24) is 10.3 Å². The highest BCUT2D eigenvalue weighted by atomic mass is 14.9. The maximum atomic E-state index is 4.37. The van der Waals surface area contributed by atoms with E-state index in [1.807, 2.05) is 18.3 Å². The zero-order valence-electron chi connectivity index (χ0n) is 8.96. The van der Waals surface area contributed by atoms with Gasteiger partial charge in [0.05, 0.1) is 11.7 Å². The summed E-state index contributed by atoms with van der Waals surface area (Å²) in [5, 5.41) is 3.40. The lowest BCUT2D eigenvalue weighted by Crippen LogP contribution is -2.21. The third-order valence-electron chi connectivity index (χ3n) is 2.19. The molecule has 1 rings (SSSR count). The van der Waals surface area contributed by atoms with Crippen molar-refractivity contribution in [2.75, 3.05) is 6.54 Å². The lowest BCUT2D eigenvalue weighted by Gasteiger charge is -2.15. The van der Waals surface area contributed by atoms with Crippen molar-refractivity contribution in [3.8, 4) is 0 Å². The van der Waals surface area contributed by atoms with Crippen LogP contribution in [0.1, 0.15) is 30.6 Å². The standard InChI is InChI=1S/C12H18N2/c1-4-8-13-11(5-2)12-10(3)7-6-9-14-12/h5-7,9,11,13H,2,4,8H2,1,3H3. The fraction of sp³-hybridized carbons (Fsp3) is 0.417. The molecule has 0 amide bonds. The van der Waals surface area contributed by atoms with Crippen molar-refractivity contribution in [2.45, 2.75) is 26.3 Å². The molecule has 0 radical (unpaired) electrons. The highest BCUT2D eigenvalue weighted by Gasteiger charge is 2.09. The van der Waals surface area contributed by atoms with Crippen LogP contribution in [0.2, 0.25) is 0 Å². The van der Waals surface area contributed by atoms with Crippen molar-refractivity contribution in [3.05, 3.63) is 42.2 Å². The minimum Gasteiger partial charge on any atom is -0.305 e. The monoisotopic (exact) mass is 190 g/mol. The summed E-state index contributed by atoms with van der Waals surface area (Å²) in [5.41, 5.74) is 2.29. The Morgan fingerprint density at radius 2 is 2.43 bits per heavy atom. The summed E-state index contributed by atoms with van der Waals surface area (Å²) in [6.07, 6.45) is 4.85. The maximum Gasteiger partial charge on any atom is 0.0681 e. The molecule has 0 aliphatic heterocycles. The van der Waals surface area contributed by atoms with Crippen molar-refractivity contribution in [1.29, 1.82) is 0 Å². The molecule has 1 aromatic heterocycles. The molecule has 14 heavy (non-hydrogen) atoms. The molecular weight excluding hydrogens is 172 g/mol. The van der Waals surface area contributed by atoms with E-state index in [1.165, 1.54) is 5.56 Å². The smallest absolute Gasteiger partial charge is 0.0681 e. The topological polar surface area (TPSA) is 24.9 Å². The van der Waals surface area contributed by atoms with E-state index in [2.05, 4.69) is 36.8 Å². The van der Waals surface area contributed by atoms with Crippen LogP contribution in [0.3, 0.4) is 0 Å². The minimum absolute atomic E-state index is 0.177. The second-order valence-electron chi connectivity index (χ2n) is 3.37. The molecule has 1 heterocycles. The average Bonchev–Trinajstić information content (AvgIpc) is 2.21. The number of pyridine rings is 1. The first-order chi connectivity index (χ1) is 6.79. The SMILES string of the molecule is C=CC(NCCC)c1ncccc1C. The largest absolute Gasteiger partial charge is 0.305 e. The summed E-state index contributed by atoms with van der Waals surface area (Å²) in [6, 6.07) is 4.21. The Kier molecular flexibility index (Phi) is 4.33. The van der Waals surface area contributed by atoms with E-state index in [1.54, 1.807) is 0 Å². The fourth-order valence-corrected chi connectivity index (χ4v) is 1.41. The molecule has 76 valence electrons. The summed E-state index contributed by atoms with van der Waals surface area (Å²) in [7, 11) is 0. The summed E-state index contributed by atoms with van der Waals surface area (Å²) in [6.45, 7) is 9.05. The molecule has 0 aliphatic rings. The highest BCUT2D eigenvalue weighted by Crippen LogP contribution is 2.14. The predicted octanol–water partition coefficient (Wildman–Crippen LogP) is 2.62. The van der Waals surface area contributed by atoms with Gasteiger partial charge in [-0.2, -0.15) is 0 Å². The molecule has 0 aliphatic carbocycles. The molecule has 1 unspecified atom stereocenters. The Morgan fingerprint density at radius 3 is 3.00 bits per heavy atom. The van der Waals surface area contributed by atoms with Crippen LogP contribution in [0.4, 0.5) is 0 Å². The van der Waals surface area contributed by atoms with Gasteiger partial charge in [0.15, 0.2) is 0 Å². The van der Waals surface area contributed by atoms with E-state index in [-0.39, 0.29) is 6.04 Å². The normalized spacial score (nSPS) is 12.4. The van der Waals surface area contributed by atoms with Gasteiger partial charge in [-0.15, -0.1) is 6.58 Å².